The topological polar surface area (TPSA) is 207 Å². The highest BCUT2D eigenvalue weighted by Gasteiger charge is 2.47. The van der Waals surface area contributed by atoms with E-state index in [2.05, 4.69) is 6.58 Å². The van der Waals surface area contributed by atoms with Crippen LogP contribution in [0, 0.1) is 11.8 Å². The third-order valence-electron chi connectivity index (χ3n) is 6.26. The van der Waals surface area contributed by atoms with E-state index in [1.165, 1.54) is 24.3 Å². The number of aliphatic hydroxyl groups is 5. The summed E-state index contributed by atoms with van der Waals surface area (Å²) in [6.45, 7) is 3.16. The Balaban J connectivity index is 1.87. The van der Waals surface area contributed by atoms with Crippen molar-refractivity contribution in [1.29, 1.82) is 0 Å². The molecule has 0 bridgehead atoms. The Morgan fingerprint density at radius 2 is 1.84 bits per heavy atom. The number of carbonyl (C=O) groups is 2. The summed E-state index contributed by atoms with van der Waals surface area (Å²) in [5, 5.41) is 68.1. The summed E-state index contributed by atoms with van der Waals surface area (Å²) in [4.78, 5) is 25.0. The third-order valence-corrected chi connectivity index (χ3v) is 6.26. The Morgan fingerprint density at radius 1 is 1.11 bits per heavy atom. The first-order chi connectivity index (χ1) is 17.6. The van der Waals surface area contributed by atoms with Crippen LogP contribution in [0.4, 0.5) is 0 Å². The lowest BCUT2D eigenvalue weighted by atomic mass is 9.83. The summed E-state index contributed by atoms with van der Waals surface area (Å²) in [6, 6.07) is 0. The van der Waals surface area contributed by atoms with Gasteiger partial charge < -0.3 is 54.9 Å². The minimum atomic E-state index is -1.70. The van der Waals surface area contributed by atoms with E-state index in [1.807, 2.05) is 0 Å². The molecule has 0 saturated carbocycles. The van der Waals surface area contributed by atoms with Gasteiger partial charge in [-0.15, -0.1) is 6.58 Å². The number of nitrogens with zero attached hydrogens (tertiary/aromatic N) is 1. The van der Waals surface area contributed by atoms with Crippen LogP contribution >= 0.6 is 0 Å². The standard InChI is InChI=1S/C24H31NO12/c1-2-14-15(4-3-12-7-13(21(31)32)9-25(8-12)5-6-26)16(22(33)34)11-35-23(14)37-24-20(30)19(29)18(28)17(10-27)36-24/h2-4,7-8,11,14-15,17-20,23-24,26-30H,1,5-6,9-10H2,(H,31,32)(H,33,34)/b4-3+/t14-,15-,17+,18-,19-,20+,23+,24-/m0/s1. The average molecular weight is 526 g/mol. The maximum atomic E-state index is 11.9. The number of carboxylic acids is 2. The summed E-state index contributed by atoms with van der Waals surface area (Å²) < 4.78 is 16.5. The maximum Gasteiger partial charge on any atom is 0.335 e. The number of carboxylic acid groups (broad SMARTS) is 2. The molecule has 1 saturated heterocycles. The Kier molecular flexibility index (Phi) is 9.62. The number of hydrogen-bond acceptors (Lipinski definition) is 11. The zero-order valence-corrected chi connectivity index (χ0v) is 19.7. The molecule has 13 heteroatoms. The molecule has 0 aromatic heterocycles. The van der Waals surface area contributed by atoms with Gasteiger partial charge in [-0.3, -0.25) is 0 Å². The van der Waals surface area contributed by atoms with Gasteiger partial charge in [0.05, 0.1) is 36.5 Å². The fourth-order valence-corrected chi connectivity index (χ4v) is 4.27. The van der Waals surface area contributed by atoms with Gasteiger partial charge >= 0.3 is 11.9 Å². The molecule has 3 aliphatic rings. The SMILES string of the molecule is C=C[C@@H]1[C@@H](O[C@@H]2O[C@H](CO)[C@H](O)[C@H](O)[C@H]2O)OC=C(C(=O)O)[C@H]1/C=C/C1=CN(CCO)CC(C(=O)O)=C1. The molecule has 0 spiro atoms. The summed E-state index contributed by atoms with van der Waals surface area (Å²) in [5.74, 6) is -4.14. The molecule has 0 aliphatic carbocycles. The molecule has 3 aliphatic heterocycles. The van der Waals surface area contributed by atoms with Gasteiger partial charge in [0.25, 0.3) is 0 Å². The van der Waals surface area contributed by atoms with E-state index >= 15 is 0 Å². The van der Waals surface area contributed by atoms with Crippen molar-refractivity contribution < 1.29 is 59.5 Å². The zero-order chi connectivity index (χ0) is 27.3. The molecule has 7 N–H and O–H groups in total. The van der Waals surface area contributed by atoms with Crippen molar-refractivity contribution in [1.82, 2.24) is 4.90 Å². The van der Waals surface area contributed by atoms with E-state index < -0.39 is 67.4 Å². The van der Waals surface area contributed by atoms with Crippen molar-refractivity contribution in [3.63, 3.8) is 0 Å². The summed E-state index contributed by atoms with van der Waals surface area (Å²) in [5.41, 5.74) is 0.379. The van der Waals surface area contributed by atoms with Gasteiger partial charge in [-0.25, -0.2) is 9.59 Å². The van der Waals surface area contributed by atoms with Crippen molar-refractivity contribution in [2.45, 2.75) is 37.0 Å². The normalized spacial score (nSPS) is 34.3. The Hall–Kier alpha value is -3.04. The molecule has 0 aromatic carbocycles. The second kappa shape index (κ2) is 12.5. The minimum Gasteiger partial charge on any atom is -0.478 e. The van der Waals surface area contributed by atoms with E-state index in [0.29, 0.717) is 5.57 Å². The van der Waals surface area contributed by atoms with Crippen molar-refractivity contribution in [3.8, 4) is 0 Å². The largest absolute Gasteiger partial charge is 0.478 e. The van der Waals surface area contributed by atoms with Gasteiger partial charge in [0, 0.05) is 25.2 Å². The van der Waals surface area contributed by atoms with E-state index in [-0.39, 0.29) is 30.8 Å². The lowest BCUT2D eigenvalue weighted by molar-refractivity contribution is -0.338. The molecule has 37 heavy (non-hydrogen) atoms. The first kappa shape index (κ1) is 28.5. The number of β-amino-alcohol motifs (C(OH)–C–C–N with tert-alkyl or cyclic N) is 1. The molecule has 0 unspecified atom stereocenters. The van der Waals surface area contributed by atoms with Crippen molar-refractivity contribution in [2.75, 3.05) is 26.3 Å². The number of rotatable bonds is 10. The number of allylic oxidation sites excluding steroid dienone is 4. The molecular formula is C24H31NO12. The van der Waals surface area contributed by atoms with Crippen molar-refractivity contribution >= 4 is 11.9 Å². The molecule has 204 valence electrons. The summed E-state index contributed by atoms with van der Waals surface area (Å²) in [7, 11) is 0. The van der Waals surface area contributed by atoms with E-state index in [1.54, 1.807) is 11.1 Å². The maximum absolute atomic E-state index is 11.9. The van der Waals surface area contributed by atoms with Crippen LogP contribution < -0.4 is 0 Å². The van der Waals surface area contributed by atoms with Crippen LogP contribution in [-0.4, -0.2) is 116 Å². The van der Waals surface area contributed by atoms with Gasteiger partial charge in [-0.2, -0.15) is 0 Å². The predicted octanol–water partition coefficient (Wildman–Crippen LogP) is -1.69. The predicted molar refractivity (Wildman–Crippen MR) is 124 cm³/mol. The molecular weight excluding hydrogens is 494 g/mol. The van der Waals surface area contributed by atoms with Gasteiger partial charge in [0.2, 0.25) is 6.29 Å². The molecule has 0 aromatic rings. The first-order valence-corrected chi connectivity index (χ1v) is 11.5. The lowest BCUT2D eigenvalue weighted by Crippen LogP contribution is -2.60. The molecule has 8 atom stereocenters. The van der Waals surface area contributed by atoms with Crippen LogP contribution in [-0.2, 0) is 23.8 Å². The zero-order valence-electron chi connectivity index (χ0n) is 19.7. The second-order valence-electron chi connectivity index (χ2n) is 8.71. The van der Waals surface area contributed by atoms with Gasteiger partial charge in [0.15, 0.2) is 6.29 Å². The van der Waals surface area contributed by atoms with Gasteiger partial charge in [0.1, 0.15) is 24.4 Å². The number of aliphatic hydroxyl groups excluding tert-OH is 5. The average Bonchev–Trinajstić information content (AvgIpc) is 2.87. The number of ether oxygens (including phenoxy) is 3. The Labute approximate surface area is 212 Å². The van der Waals surface area contributed by atoms with Crippen LogP contribution in [0.15, 0.2) is 60.1 Å². The van der Waals surface area contributed by atoms with Crippen LogP contribution in [0.3, 0.4) is 0 Å². The van der Waals surface area contributed by atoms with Crippen LogP contribution in [0.1, 0.15) is 0 Å². The monoisotopic (exact) mass is 525 g/mol. The first-order valence-electron chi connectivity index (χ1n) is 11.5. The highest BCUT2D eigenvalue weighted by atomic mass is 16.8. The summed E-state index contributed by atoms with van der Waals surface area (Å²) in [6.07, 6.45) is -0.497. The van der Waals surface area contributed by atoms with Gasteiger partial charge in [-0.1, -0.05) is 18.2 Å². The molecule has 0 radical (unpaired) electrons. The van der Waals surface area contributed by atoms with Crippen molar-refractivity contribution in [2.24, 2.45) is 11.8 Å². The van der Waals surface area contributed by atoms with E-state index in [0.717, 1.165) is 6.26 Å². The third kappa shape index (κ3) is 6.45. The highest BCUT2D eigenvalue weighted by Crippen LogP contribution is 2.36. The fraction of sp³-hybridized carbons (Fsp3) is 0.500. The number of aliphatic carboxylic acids is 2. The van der Waals surface area contributed by atoms with E-state index in [9.17, 15) is 45.3 Å². The molecule has 3 rings (SSSR count). The Morgan fingerprint density at radius 3 is 2.43 bits per heavy atom. The number of hydrogen-bond donors (Lipinski definition) is 7. The second-order valence-corrected chi connectivity index (χ2v) is 8.71. The molecule has 1 fully saturated rings. The van der Waals surface area contributed by atoms with Crippen LogP contribution in [0.25, 0.3) is 0 Å². The van der Waals surface area contributed by atoms with E-state index in [4.69, 9.17) is 14.2 Å². The van der Waals surface area contributed by atoms with Crippen LogP contribution in [0.5, 0.6) is 0 Å². The lowest BCUT2D eigenvalue weighted by Gasteiger charge is -2.42. The molecule has 13 nitrogen and oxygen atoms in total. The minimum absolute atomic E-state index is 0.0840. The van der Waals surface area contributed by atoms with Crippen molar-refractivity contribution in [3.05, 3.63) is 60.1 Å². The van der Waals surface area contributed by atoms with Gasteiger partial charge in [-0.05, 0) is 11.6 Å². The summed E-state index contributed by atoms with van der Waals surface area (Å²) >= 11 is 0. The highest BCUT2D eigenvalue weighted by molar-refractivity contribution is 5.88. The Bertz CT molecular complexity index is 986. The smallest absolute Gasteiger partial charge is 0.335 e. The quantitative estimate of drug-likeness (QED) is 0.159. The molecule has 3 heterocycles. The molecule has 0 amide bonds. The van der Waals surface area contributed by atoms with Crippen LogP contribution in [0.2, 0.25) is 0 Å². The fourth-order valence-electron chi connectivity index (χ4n) is 4.27.